The van der Waals surface area contributed by atoms with Crippen molar-refractivity contribution < 1.29 is 9.59 Å². The molecular formula is C8H12N2O2. The van der Waals surface area contributed by atoms with Crippen molar-refractivity contribution in [3.05, 3.63) is 0 Å². The molecule has 2 N–H and O–H groups in total. The van der Waals surface area contributed by atoms with Crippen LogP contribution in [0.5, 0.6) is 0 Å². The van der Waals surface area contributed by atoms with Gasteiger partial charge in [0.15, 0.2) is 0 Å². The van der Waals surface area contributed by atoms with E-state index in [1.54, 1.807) is 0 Å². The van der Waals surface area contributed by atoms with Gasteiger partial charge in [0.2, 0.25) is 0 Å². The molecule has 2 rings (SSSR count). The minimum atomic E-state index is -0.336. The summed E-state index contributed by atoms with van der Waals surface area (Å²) in [6.07, 6.45) is 4.51. The van der Waals surface area contributed by atoms with E-state index in [0.717, 1.165) is 12.8 Å². The zero-order valence-electron chi connectivity index (χ0n) is 6.80. The van der Waals surface area contributed by atoms with E-state index in [1.807, 2.05) is 0 Å². The first-order valence-corrected chi connectivity index (χ1v) is 4.39. The number of amides is 3. The lowest BCUT2D eigenvalue weighted by Gasteiger charge is -2.13. The minimum Gasteiger partial charge on any atom is -0.326 e. The van der Waals surface area contributed by atoms with Gasteiger partial charge >= 0.3 is 6.03 Å². The summed E-state index contributed by atoms with van der Waals surface area (Å²) in [7, 11) is 0. The highest BCUT2D eigenvalue weighted by atomic mass is 16.2. The van der Waals surface area contributed by atoms with Crippen LogP contribution in [0.2, 0.25) is 0 Å². The first-order chi connectivity index (χ1) is 5.77. The standard InChI is InChI=1S/C8H12N2O2/c11-7-6(9-8(12)10-7)5-3-1-2-4-5/h5-6H,1-4H2,(H2,9,10,11,12)/t6-/m1/s1. The fourth-order valence-electron chi connectivity index (χ4n) is 2.06. The van der Waals surface area contributed by atoms with Crippen LogP contribution in [0.15, 0.2) is 0 Å². The van der Waals surface area contributed by atoms with Crippen molar-refractivity contribution in [3.63, 3.8) is 0 Å². The molecule has 0 spiro atoms. The Balaban J connectivity index is 2.03. The van der Waals surface area contributed by atoms with Crippen molar-refractivity contribution in [3.8, 4) is 0 Å². The van der Waals surface area contributed by atoms with Crippen LogP contribution >= 0.6 is 0 Å². The second kappa shape index (κ2) is 2.77. The summed E-state index contributed by atoms with van der Waals surface area (Å²) in [5, 5.41) is 4.90. The van der Waals surface area contributed by atoms with Gasteiger partial charge in [0.05, 0.1) is 0 Å². The van der Waals surface area contributed by atoms with Crippen LogP contribution in [0, 0.1) is 5.92 Å². The molecule has 0 aromatic carbocycles. The molecule has 12 heavy (non-hydrogen) atoms. The van der Waals surface area contributed by atoms with Crippen LogP contribution in [0.4, 0.5) is 4.79 Å². The largest absolute Gasteiger partial charge is 0.326 e. The fraction of sp³-hybridized carbons (Fsp3) is 0.750. The zero-order chi connectivity index (χ0) is 8.55. The molecule has 1 saturated carbocycles. The third-order valence-electron chi connectivity index (χ3n) is 2.68. The van der Waals surface area contributed by atoms with Crippen molar-refractivity contribution in [1.29, 1.82) is 0 Å². The first-order valence-electron chi connectivity index (χ1n) is 4.39. The van der Waals surface area contributed by atoms with Crippen molar-refractivity contribution in [2.45, 2.75) is 31.7 Å². The highest BCUT2D eigenvalue weighted by molar-refractivity contribution is 6.04. The van der Waals surface area contributed by atoms with Crippen LogP contribution in [0.1, 0.15) is 25.7 Å². The molecule has 1 saturated heterocycles. The lowest BCUT2D eigenvalue weighted by Crippen LogP contribution is -2.35. The van der Waals surface area contributed by atoms with Gasteiger partial charge in [0.1, 0.15) is 6.04 Å². The molecule has 0 unspecified atom stereocenters. The second-order valence-corrected chi connectivity index (χ2v) is 3.48. The summed E-state index contributed by atoms with van der Waals surface area (Å²) in [5.74, 6) is 0.225. The Morgan fingerprint density at radius 2 is 1.83 bits per heavy atom. The predicted molar refractivity (Wildman–Crippen MR) is 42.4 cm³/mol. The Kier molecular flexibility index (Phi) is 1.75. The van der Waals surface area contributed by atoms with Crippen LogP contribution < -0.4 is 10.6 Å². The molecule has 0 bridgehead atoms. The van der Waals surface area contributed by atoms with Crippen LogP contribution in [-0.4, -0.2) is 18.0 Å². The Morgan fingerprint density at radius 3 is 2.33 bits per heavy atom. The van der Waals surface area contributed by atoms with Crippen LogP contribution in [0.3, 0.4) is 0 Å². The molecule has 66 valence electrons. The summed E-state index contributed by atoms with van der Waals surface area (Å²) in [4.78, 5) is 22.0. The lowest BCUT2D eigenvalue weighted by molar-refractivity contribution is -0.121. The number of rotatable bonds is 1. The third kappa shape index (κ3) is 1.17. The normalized spacial score (nSPS) is 30.5. The van der Waals surface area contributed by atoms with E-state index in [1.165, 1.54) is 12.8 Å². The summed E-state index contributed by atoms with van der Waals surface area (Å²) in [5.41, 5.74) is 0. The molecule has 0 radical (unpaired) electrons. The number of hydrogen-bond acceptors (Lipinski definition) is 2. The van der Waals surface area contributed by atoms with E-state index in [2.05, 4.69) is 10.6 Å². The smallest absolute Gasteiger partial charge is 0.322 e. The van der Waals surface area contributed by atoms with Gasteiger partial charge in [-0.05, 0) is 18.8 Å². The van der Waals surface area contributed by atoms with Gasteiger partial charge in [-0.15, -0.1) is 0 Å². The van der Waals surface area contributed by atoms with E-state index in [9.17, 15) is 9.59 Å². The zero-order valence-corrected chi connectivity index (χ0v) is 6.80. The molecule has 4 heteroatoms. The maximum absolute atomic E-state index is 11.2. The molecule has 3 amide bonds. The molecule has 1 aliphatic heterocycles. The van der Waals surface area contributed by atoms with E-state index >= 15 is 0 Å². The highest BCUT2D eigenvalue weighted by Gasteiger charge is 2.36. The Hall–Kier alpha value is -1.06. The topological polar surface area (TPSA) is 58.2 Å². The van der Waals surface area contributed by atoms with E-state index in [4.69, 9.17) is 0 Å². The minimum absolute atomic E-state index is 0.146. The Bertz CT molecular complexity index is 221. The van der Waals surface area contributed by atoms with Crippen molar-refractivity contribution in [2.75, 3.05) is 0 Å². The number of nitrogens with one attached hydrogen (secondary N) is 2. The van der Waals surface area contributed by atoms with Gasteiger partial charge in [-0.3, -0.25) is 10.1 Å². The second-order valence-electron chi connectivity index (χ2n) is 3.48. The van der Waals surface area contributed by atoms with Crippen molar-refractivity contribution in [2.24, 2.45) is 5.92 Å². The third-order valence-corrected chi connectivity index (χ3v) is 2.68. The summed E-state index contributed by atoms with van der Waals surface area (Å²) in [6, 6.07) is -0.586. The fourth-order valence-corrected chi connectivity index (χ4v) is 2.06. The SMILES string of the molecule is O=C1NC(=O)[C@@H](C2CCCC2)N1. The van der Waals surface area contributed by atoms with Crippen LogP contribution in [-0.2, 0) is 4.79 Å². The van der Waals surface area contributed by atoms with Gasteiger partial charge in [0.25, 0.3) is 5.91 Å². The van der Waals surface area contributed by atoms with E-state index < -0.39 is 0 Å². The summed E-state index contributed by atoms with van der Waals surface area (Å²) in [6.45, 7) is 0. The summed E-state index contributed by atoms with van der Waals surface area (Å²) >= 11 is 0. The van der Waals surface area contributed by atoms with Crippen molar-refractivity contribution >= 4 is 11.9 Å². The van der Waals surface area contributed by atoms with Gasteiger partial charge in [0, 0.05) is 0 Å². The maximum Gasteiger partial charge on any atom is 0.322 e. The predicted octanol–water partition coefficient (Wildman–Crippen LogP) is 0.385. The van der Waals surface area contributed by atoms with Crippen LogP contribution in [0.25, 0.3) is 0 Å². The Morgan fingerprint density at radius 1 is 1.17 bits per heavy atom. The molecule has 0 aromatic heterocycles. The average Bonchev–Trinajstić information content (AvgIpc) is 2.58. The molecule has 2 fully saturated rings. The Labute approximate surface area is 70.7 Å². The lowest BCUT2D eigenvalue weighted by atomic mass is 9.99. The van der Waals surface area contributed by atoms with Gasteiger partial charge in [-0.2, -0.15) is 0 Å². The number of hydrogen-bond donors (Lipinski definition) is 2. The first kappa shape index (κ1) is 7.58. The van der Waals surface area contributed by atoms with Gasteiger partial charge in [-0.1, -0.05) is 12.8 Å². The summed E-state index contributed by atoms with van der Waals surface area (Å²) < 4.78 is 0. The average molecular weight is 168 g/mol. The quantitative estimate of drug-likeness (QED) is 0.556. The monoisotopic (exact) mass is 168 g/mol. The molecule has 1 heterocycles. The maximum atomic E-state index is 11.2. The van der Waals surface area contributed by atoms with Crippen molar-refractivity contribution in [1.82, 2.24) is 10.6 Å². The molecule has 2 aliphatic rings. The molecule has 1 atom stereocenters. The van der Waals surface area contributed by atoms with Gasteiger partial charge < -0.3 is 5.32 Å². The van der Waals surface area contributed by atoms with E-state index in [0.29, 0.717) is 5.92 Å². The number of carbonyl (C=O) groups excluding carboxylic acids is 2. The molecule has 4 nitrogen and oxygen atoms in total. The molecular weight excluding hydrogens is 156 g/mol. The van der Waals surface area contributed by atoms with Gasteiger partial charge in [-0.25, -0.2) is 4.79 Å². The van der Waals surface area contributed by atoms with E-state index in [-0.39, 0.29) is 18.0 Å². The molecule has 0 aromatic rings. The number of carbonyl (C=O) groups is 2. The highest BCUT2D eigenvalue weighted by Crippen LogP contribution is 2.28. The number of urea groups is 1. The number of imide groups is 1. The molecule has 1 aliphatic carbocycles.